The Kier molecular flexibility index (Phi) is 4.69. The molecule has 0 saturated heterocycles. The summed E-state index contributed by atoms with van der Waals surface area (Å²) in [6.07, 6.45) is 4.78. The number of pyridine rings is 1. The smallest absolute Gasteiger partial charge is 0.0346 e. The van der Waals surface area contributed by atoms with Crippen molar-refractivity contribution in [2.24, 2.45) is 5.92 Å². The van der Waals surface area contributed by atoms with Gasteiger partial charge in [-0.25, -0.2) is 0 Å². The largest absolute Gasteiger partial charge is 0.316 e. The number of likely N-dealkylation sites (N-methyl/N-ethyl adjacent to an activating group) is 1. The Morgan fingerprint density at radius 1 is 1.05 bits per heavy atom. The van der Waals surface area contributed by atoms with Crippen LogP contribution < -0.4 is 5.32 Å². The molecule has 19 heavy (non-hydrogen) atoms. The highest BCUT2D eigenvalue weighted by Crippen LogP contribution is 2.19. The molecule has 100 valence electrons. The second kappa shape index (κ2) is 6.48. The number of nitrogens with one attached hydrogen (secondary N) is 1. The first-order valence-corrected chi connectivity index (χ1v) is 6.87. The fraction of sp³-hybridized carbons (Fsp3) is 0.353. The van der Waals surface area contributed by atoms with E-state index in [2.05, 4.69) is 54.5 Å². The molecule has 0 fully saturated rings. The van der Waals surface area contributed by atoms with Crippen molar-refractivity contribution in [3.05, 3.63) is 54.4 Å². The molecule has 0 saturated carbocycles. The van der Waals surface area contributed by atoms with Crippen molar-refractivity contribution in [3.63, 3.8) is 0 Å². The van der Waals surface area contributed by atoms with Crippen LogP contribution in [0.2, 0.25) is 0 Å². The summed E-state index contributed by atoms with van der Waals surface area (Å²) in [5.74, 6) is 0.642. The number of rotatable bonds is 5. The van der Waals surface area contributed by atoms with Crippen molar-refractivity contribution >= 4 is 0 Å². The molecule has 1 aromatic carbocycles. The average Bonchev–Trinajstić information content (AvgIpc) is 2.46. The second-order valence-corrected chi connectivity index (χ2v) is 5.28. The summed E-state index contributed by atoms with van der Waals surface area (Å²) in [7, 11) is 2.04. The molecule has 0 bridgehead atoms. The first-order chi connectivity index (χ1) is 9.20. The van der Waals surface area contributed by atoms with Crippen molar-refractivity contribution < 1.29 is 0 Å². The van der Waals surface area contributed by atoms with Gasteiger partial charge in [-0.1, -0.05) is 44.2 Å². The van der Waals surface area contributed by atoms with Gasteiger partial charge in [0, 0.05) is 18.4 Å². The number of hydrogen-bond acceptors (Lipinski definition) is 2. The molecule has 2 nitrogen and oxygen atoms in total. The Hall–Kier alpha value is -1.67. The standard InChI is InChI=1S/C17H22N2/c1-13(2)17(18-3)11-14-6-8-15(9-7-14)16-5-4-10-19-12-16/h4-10,12-13,17-18H,11H2,1-3H3. The van der Waals surface area contributed by atoms with Gasteiger partial charge in [-0.15, -0.1) is 0 Å². The van der Waals surface area contributed by atoms with Gasteiger partial charge in [-0.3, -0.25) is 4.98 Å². The predicted octanol–water partition coefficient (Wildman–Crippen LogP) is 3.54. The van der Waals surface area contributed by atoms with Crippen molar-refractivity contribution in [1.82, 2.24) is 10.3 Å². The number of hydrogen-bond donors (Lipinski definition) is 1. The van der Waals surface area contributed by atoms with Gasteiger partial charge in [0.05, 0.1) is 0 Å². The Morgan fingerprint density at radius 2 is 1.79 bits per heavy atom. The van der Waals surface area contributed by atoms with Gasteiger partial charge in [0.1, 0.15) is 0 Å². The summed E-state index contributed by atoms with van der Waals surface area (Å²) in [4.78, 5) is 4.16. The van der Waals surface area contributed by atoms with E-state index in [-0.39, 0.29) is 0 Å². The van der Waals surface area contributed by atoms with E-state index in [1.165, 1.54) is 16.7 Å². The molecule has 0 amide bonds. The van der Waals surface area contributed by atoms with E-state index in [4.69, 9.17) is 0 Å². The van der Waals surface area contributed by atoms with Gasteiger partial charge in [-0.2, -0.15) is 0 Å². The SMILES string of the molecule is CNC(Cc1ccc(-c2cccnc2)cc1)C(C)C. The minimum Gasteiger partial charge on any atom is -0.316 e. The molecular formula is C17H22N2. The van der Waals surface area contributed by atoms with Crippen molar-refractivity contribution in [2.45, 2.75) is 26.3 Å². The molecule has 0 aliphatic carbocycles. The molecule has 1 atom stereocenters. The third kappa shape index (κ3) is 3.65. The van der Waals surface area contributed by atoms with Crippen LogP contribution in [0, 0.1) is 5.92 Å². The lowest BCUT2D eigenvalue weighted by Crippen LogP contribution is -2.32. The molecule has 2 aromatic rings. The van der Waals surface area contributed by atoms with Crippen molar-refractivity contribution in [1.29, 1.82) is 0 Å². The maximum absolute atomic E-state index is 4.16. The molecule has 0 aliphatic rings. The highest BCUT2D eigenvalue weighted by Gasteiger charge is 2.11. The van der Waals surface area contributed by atoms with Gasteiger partial charge in [-0.05, 0) is 42.1 Å². The highest BCUT2D eigenvalue weighted by molar-refractivity contribution is 5.62. The molecule has 1 aromatic heterocycles. The van der Waals surface area contributed by atoms with Crippen LogP contribution in [0.25, 0.3) is 11.1 Å². The van der Waals surface area contributed by atoms with E-state index in [1.807, 2.05) is 19.3 Å². The lowest BCUT2D eigenvalue weighted by molar-refractivity contribution is 0.424. The summed E-state index contributed by atoms with van der Waals surface area (Å²) >= 11 is 0. The lowest BCUT2D eigenvalue weighted by atomic mass is 9.95. The summed E-state index contributed by atoms with van der Waals surface area (Å²) in [6, 6.07) is 13.4. The van der Waals surface area contributed by atoms with Crippen LogP contribution in [-0.2, 0) is 6.42 Å². The van der Waals surface area contributed by atoms with Gasteiger partial charge in [0.25, 0.3) is 0 Å². The van der Waals surface area contributed by atoms with Crippen LogP contribution in [0.15, 0.2) is 48.8 Å². The Balaban J connectivity index is 2.11. The minimum absolute atomic E-state index is 0.532. The van der Waals surface area contributed by atoms with Gasteiger partial charge >= 0.3 is 0 Å². The molecule has 2 heteroatoms. The summed E-state index contributed by atoms with van der Waals surface area (Å²) in [5.41, 5.74) is 3.77. The van der Waals surface area contributed by atoms with E-state index in [0.717, 1.165) is 6.42 Å². The zero-order chi connectivity index (χ0) is 13.7. The van der Waals surface area contributed by atoms with E-state index in [1.54, 1.807) is 6.20 Å². The third-order valence-corrected chi connectivity index (χ3v) is 3.58. The second-order valence-electron chi connectivity index (χ2n) is 5.28. The Labute approximate surface area is 115 Å². The van der Waals surface area contributed by atoms with Gasteiger partial charge in [0.2, 0.25) is 0 Å². The van der Waals surface area contributed by atoms with Crippen LogP contribution in [0.1, 0.15) is 19.4 Å². The van der Waals surface area contributed by atoms with E-state index < -0.39 is 0 Å². The number of aromatic nitrogens is 1. The molecular weight excluding hydrogens is 232 g/mol. The highest BCUT2D eigenvalue weighted by atomic mass is 14.9. The maximum atomic E-state index is 4.16. The summed E-state index contributed by atoms with van der Waals surface area (Å²) < 4.78 is 0. The van der Waals surface area contributed by atoms with E-state index >= 15 is 0 Å². The lowest BCUT2D eigenvalue weighted by Gasteiger charge is -2.20. The zero-order valence-corrected chi connectivity index (χ0v) is 11.9. The molecule has 2 rings (SSSR count). The Bertz CT molecular complexity index is 488. The topological polar surface area (TPSA) is 24.9 Å². The molecule has 0 aliphatic heterocycles. The van der Waals surface area contributed by atoms with Crippen molar-refractivity contribution in [3.8, 4) is 11.1 Å². The van der Waals surface area contributed by atoms with E-state index in [9.17, 15) is 0 Å². The number of benzene rings is 1. The molecule has 1 N–H and O–H groups in total. The molecule has 0 radical (unpaired) electrons. The minimum atomic E-state index is 0.532. The number of nitrogens with zero attached hydrogens (tertiary/aromatic N) is 1. The van der Waals surface area contributed by atoms with Crippen LogP contribution in [0.4, 0.5) is 0 Å². The quantitative estimate of drug-likeness (QED) is 0.883. The van der Waals surface area contributed by atoms with Gasteiger partial charge < -0.3 is 5.32 Å². The monoisotopic (exact) mass is 254 g/mol. The van der Waals surface area contributed by atoms with Crippen LogP contribution in [0.5, 0.6) is 0 Å². The first kappa shape index (κ1) is 13.8. The molecule has 1 heterocycles. The third-order valence-electron chi connectivity index (χ3n) is 3.58. The fourth-order valence-corrected chi connectivity index (χ4v) is 2.29. The zero-order valence-electron chi connectivity index (χ0n) is 11.9. The van der Waals surface area contributed by atoms with Crippen molar-refractivity contribution in [2.75, 3.05) is 7.05 Å². The predicted molar refractivity (Wildman–Crippen MR) is 81.1 cm³/mol. The fourth-order valence-electron chi connectivity index (χ4n) is 2.29. The van der Waals surface area contributed by atoms with Crippen LogP contribution in [-0.4, -0.2) is 18.1 Å². The van der Waals surface area contributed by atoms with Crippen LogP contribution >= 0.6 is 0 Å². The molecule has 1 unspecified atom stereocenters. The van der Waals surface area contributed by atoms with Crippen LogP contribution in [0.3, 0.4) is 0 Å². The average molecular weight is 254 g/mol. The summed E-state index contributed by atoms with van der Waals surface area (Å²) in [6.45, 7) is 4.51. The van der Waals surface area contributed by atoms with E-state index in [0.29, 0.717) is 12.0 Å². The molecule has 0 spiro atoms. The Morgan fingerprint density at radius 3 is 2.32 bits per heavy atom. The normalized spacial score (nSPS) is 12.6. The maximum Gasteiger partial charge on any atom is 0.0346 e. The first-order valence-electron chi connectivity index (χ1n) is 6.87. The summed E-state index contributed by atoms with van der Waals surface area (Å²) in [5, 5.41) is 3.39. The van der Waals surface area contributed by atoms with Gasteiger partial charge in [0.15, 0.2) is 0 Å².